The van der Waals surface area contributed by atoms with Crippen molar-refractivity contribution in [3.8, 4) is 0 Å². The van der Waals surface area contributed by atoms with Crippen LogP contribution in [-0.4, -0.2) is 0 Å². The maximum Gasteiger partial charge on any atom is 0.0547 e. The lowest BCUT2D eigenvalue weighted by Gasteiger charge is -2.29. The number of para-hydroxylation sites is 2. The highest BCUT2D eigenvalue weighted by molar-refractivity contribution is 7.26. The number of hydrogen-bond acceptors (Lipinski definition) is 4. The maximum absolute atomic E-state index is 2.44. The summed E-state index contributed by atoms with van der Waals surface area (Å²) in [5.74, 6) is 0. The van der Waals surface area contributed by atoms with Crippen molar-refractivity contribution in [1.29, 1.82) is 0 Å². The molecule has 2 nitrogen and oxygen atoms in total. The minimum atomic E-state index is 1.11. The molecule has 11 aromatic rings. The fourth-order valence-electron chi connectivity index (χ4n) is 8.13. The first-order valence-corrected chi connectivity index (χ1v) is 19.9. The maximum atomic E-state index is 2.44. The topological polar surface area (TPSA) is 6.48 Å². The third-order valence-electron chi connectivity index (χ3n) is 10.6. The Balaban J connectivity index is 1.16. The molecule has 4 heteroatoms. The second-order valence-corrected chi connectivity index (χ2v) is 15.9. The van der Waals surface area contributed by atoms with Crippen LogP contribution < -0.4 is 9.80 Å². The van der Waals surface area contributed by atoms with E-state index in [1.807, 2.05) is 22.7 Å². The molecule has 0 bridgehead atoms. The molecule has 9 aromatic carbocycles. The molecular weight excluding hydrogens is 693 g/mol. The second kappa shape index (κ2) is 12.6. The average molecular weight is 725 g/mol. The summed E-state index contributed by atoms with van der Waals surface area (Å²) in [6, 6.07) is 71.0. The summed E-state index contributed by atoms with van der Waals surface area (Å²) >= 11 is 3.72. The summed E-state index contributed by atoms with van der Waals surface area (Å²) in [4.78, 5) is 4.84. The van der Waals surface area contributed by atoms with Gasteiger partial charge in [0, 0.05) is 74.2 Å². The summed E-state index contributed by atoms with van der Waals surface area (Å²) in [5, 5.41) is 10.1. The highest BCUT2D eigenvalue weighted by atomic mass is 32.1. The molecule has 0 radical (unpaired) electrons. The van der Waals surface area contributed by atoms with Gasteiger partial charge in [0.1, 0.15) is 0 Å². The number of rotatable bonds is 6. The lowest BCUT2D eigenvalue weighted by molar-refractivity contribution is 1.29. The number of nitrogens with zero attached hydrogens (tertiary/aromatic N) is 2. The van der Waals surface area contributed by atoms with Crippen LogP contribution in [0.5, 0.6) is 0 Å². The first-order valence-electron chi connectivity index (χ1n) is 18.3. The van der Waals surface area contributed by atoms with Crippen LogP contribution in [0.25, 0.3) is 61.9 Å². The van der Waals surface area contributed by atoms with E-state index < -0.39 is 0 Å². The predicted octanol–water partition coefficient (Wildman–Crippen LogP) is 15.7. The van der Waals surface area contributed by atoms with Gasteiger partial charge in [-0.3, -0.25) is 0 Å². The molecule has 0 aliphatic heterocycles. The number of hydrogen-bond donors (Lipinski definition) is 0. The van der Waals surface area contributed by atoms with Crippen LogP contribution in [-0.2, 0) is 0 Å². The molecule has 2 heterocycles. The van der Waals surface area contributed by atoms with E-state index >= 15 is 0 Å². The van der Waals surface area contributed by atoms with Gasteiger partial charge in [0.05, 0.1) is 5.69 Å². The van der Waals surface area contributed by atoms with Crippen LogP contribution in [0.4, 0.5) is 34.1 Å². The van der Waals surface area contributed by atoms with E-state index in [2.05, 4.69) is 204 Å². The van der Waals surface area contributed by atoms with Crippen LogP contribution in [0.2, 0.25) is 0 Å². The quantitative estimate of drug-likeness (QED) is 0.158. The van der Waals surface area contributed by atoms with E-state index in [9.17, 15) is 0 Å². The molecule has 0 aliphatic rings. The van der Waals surface area contributed by atoms with E-state index in [0.29, 0.717) is 0 Å². The Bertz CT molecular complexity index is 3180. The van der Waals surface area contributed by atoms with E-state index in [1.54, 1.807) is 0 Å². The minimum Gasteiger partial charge on any atom is -0.310 e. The van der Waals surface area contributed by atoms with Crippen LogP contribution >= 0.6 is 22.7 Å². The van der Waals surface area contributed by atoms with Crippen molar-refractivity contribution in [2.24, 2.45) is 0 Å². The van der Waals surface area contributed by atoms with Gasteiger partial charge in [0.2, 0.25) is 0 Å². The SMILES string of the molecule is c1ccc(N(c2ccc3c(c2)sc2ccccc23)c2ccc3c(c2)c(N(c2ccccc2)c2ccc4c(c2)sc2ccccc24)cc2ccccc23)cc1. The average Bonchev–Trinajstić information content (AvgIpc) is 3.79. The highest BCUT2D eigenvalue weighted by Crippen LogP contribution is 2.47. The van der Waals surface area contributed by atoms with Crippen LogP contribution in [0.3, 0.4) is 0 Å². The van der Waals surface area contributed by atoms with Gasteiger partial charge >= 0.3 is 0 Å². The number of anilines is 6. The van der Waals surface area contributed by atoms with E-state index in [-0.39, 0.29) is 0 Å². The predicted molar refractivity (Wildman–Crippen MR) is 237 cm³/mol. The number of benzene rings is 9. The second-order valence-electron chi connectivity index (χ2n) is 13.7. The Morgan fingerprint density at radius 3 is 1.31 bits per heavy atom. The van der Waals surface area contributed by atoms with Crippen molar-refractivity contribution in [3.63, 3.8) is 0 Å². The molecule has 0 N–H and O–H groups in total. The smallest absolute Gasteiger partial charge is 0.0547 e. The fraction of sp³-hybridized carbons (Fsp3) is 0. The van der Waals surface area contributed by atoms with Gasteiger partial charge in [0.25, 0.3) is 0 Å². The molecule has 0 atom stereocenters. The number of thiophene rings is 2. The highest BCUT2D eigenvalue weighted by Gasteiger charge is 2.21. The summed E-state index contributed by atoms with van der Waals surface area (Å²) < 4.78 is 5.20. The van der Waals surface area contributed by atoms with Crippen molar-refractivity contribution in [2.45, 2.75) is 0 Å². The van der Waals surface area contributed by atoms with E-state index in [4.69, 9.17) is 0 Å². The lowest BCUT2D eigenvalue weighted by atomic mass is 9.97. The first-order chi connectivity index (χ1) is 26.8. The van der Waals surface area contributed by atoms with Gasteiger partial charge in [-0.2, -0.15) is 0 Å². The largest absolute Gasteiger partial charge is 0.310 e. The first kappa shape index (κ1) is 31.1. The lowest BCUT2D eigenvalue weighted by Crippen LogP contribution is -2.12. The van der Waals surface area contributed by atoms with Gasteiger partial charge < -0.3 is 9.80 Å². The summed E-state index contributed by atoms with van der Waals surface area (Å²) in [5.41, 5.74) is 6.77. The Morgan fingerprint density at radius 1 is 0.259 bits per heavy atom. The van der Waals surface area contributed by atoms with Gasteiger partial charge in [-0.15, -0.1) is 22.7 Å². The summed E-state index contributed by atoms with van der Waals surface area (Å²) in [6.07, 6.45) is 0. The zero-order chi connectivity index (χ0) is 35.6. The normalized spacial score (nSPS) is 11.7. The standard InChI is InChI=1S/C50H32N2S2/c1-3-14-34(15-4-1)51(37-24-27-43-41-19-9-11-21-47(41)53-49(43)31-37)36-23-26-40-39-18-8-7-13-33(39)29-46(45(40)30-36)52(35-16-5-2-6-17-35)38-25-28-44-42-20-10-12-22-48(42)54-50(44)32-38/h1-32H. The third kappa shape index (κ3) is 5.07. The third-order valence-corrected chi connectivity index (χ3v) is 12.9. The van der Waals surface area contributed by atoms with Crippen molar-refractivity contribution in [3.05, 3.63) is 194 Å². The molecule has 0 amide bonds. The van der Waals surface area contributed by atoms with Gasteiger partial charge in [-0.05, 0) is 95.0 Å². The summed E-state index contributed by atoms with van der Waals surface area (Å²) in [7, 11) is 0. The molecule has 11 rings (SSSR count). The zero-order valence-corrected chi connectivity index (χ0v) is 30.8. The van der Waals surface area contributed by atoms with Crippen molar-refractivity contribution in [2.75, 3.05) is 9.80 Å². The monoisotopic (exact) mass is 724 g/mol. The van der Waals surface area contributed by atoms with Crippen molar-refractivity contribution < 1.29 is 0 Å². The van der Waals surface area contributed by atoms with Crippen molar-refractivity contribution >= 4 is 119 Å². The molecule has 254 valence electrons. The Hall–Kier alpha value is -6.46. The van der Waals surface area contributed by atoms with Crippen LogP contribution in [0.15, 0.2) is 194 Å². The number of fused-ring (bicyclic) bond motifs is 9. The molecule has 0 spiro atoms. The van der Waals surface area contributed by atoms with E-state index in [0.717, 1.165) is 34.1 Å². The zero-order valence-electron chi connectivity index (χ0n) is 29.2. The van der Waals surface area contributed by atoms with E-state index in [1.165, 1.54) is 61.9 Å². The van der Waals surface area contributed by atoms with Gasteiger partial charge in [-0.1, -0.05) is 115 Å². The fourth-order valence-corrected chi connectivity index (χ4v) is 10.4. The van der Waals surface area contributed by atoms with Crippen molar-refractivity contribution in [1.82, 2.24) is 0 Å². The Kier molecular flexibility index (Phi) is 7.25. The molecule has 0 unspecified atom stereocenters. The molecule has 2 aromatic heterocycles. The van der Waals surface area contributed by atoms with Crippen LogP contribution in [0, 0.1) is 0 Å². The van der Waals surface area contributed by atoms with Crippen LogP contribution in [0.1, 0.15) is 0 Å². The molecule has 0 fully saturated rings. The van der Waals surface area contributed by atoms with Gasteiger partial charge in [0.15, 0.2) is 0 Å². The molecule has 0 aliphatic carbocycles. The molecule has 54 heavy (non-hydrogen) atoms. The molecular formula is C50H32N2S2. The Morgan fingerprint density at radius 2 is 0.704 bits per heavy atom. The summed E-state index contributed by atoms with van der Waals surface area (Å²) in [6.45, 7) is 0. The molecule has 0 saturated heterocycles. The Labute approximate surface area is 321 Å². The minimum absolute atomic E-state index is 1.11. The molecule has 0 saturated carbocycles. The van der Waals surface area contributed by atoms with Gasteiger partial charge in [-0.25, -0.2) is 0 Å².